The van der Waals surface area contributed by atoms with E-state index < -0.39 is 0 Å². The standard InChI is InChI=1S/C5H8N2.C4H5N/c1-2-5-6-3-4-7-5;1-2-4-5-3-1/h3-4H,2H2,1H3,(H,6,7);1-5H. The molecule has 0 saturated carbocycles. The van der Waals surface area contributed by atoms with Gasteiger partial charge in [-0.15, -0.1) is 0 Å². The Morgan fingerprint density at radius 1 is 1.25 bits per heavy atom. The van der Waals surface area contributed by atoms with E-state index in [0.29, 0.717) is 0 Å². The molecule has 2 aromatic rings. The average Bonchev–Trinajstić information content (AvgIpc) is 2.81. The van der Waals surface area contributed by atoms with Crippen molar-refractivity contribution in [2.24, 2.45) is 0 Å². The van der Waals surface area contributed by atoms with Gasteiger partial charge in [0.1, 0.15) is 5.82 Å². The number of aromatic nitrogens is 3. The number of nitrogens with one attached hydrogen (secondary N) is 2. The zero-order valence-corrected chi connectivity index (χ0v) is 7.12. The number of rotatable bonds is 1. The molecule has 3 heteroatoms. The summed E-state index contributed by atoms with van der Waals surface area (Å²) in [6, 6.07) is 3.89. The molecule has 0 bridgehead atoms. The van der Waals surface area contributed by atoms with E-state index in [1.54, 1.807) is 6.20 Å². The van der Waals surface area contributed by atoms with Gasteiger partial charge in [0.25, 0.3) is 0 Å². The van der Waals surface area contributed by atoms with Crippen molar-refractivity contribution in [3.05, 3.63) is 42.7 Å². The first-order chi connectivity index (χ1) is 5.93. The van der Waals surface area contributed by atoms with Crippen molar-refractivity contribution in [2.45, 2.75) is 13.3 Å². The van der Waals surface area contributed by atoms with Crippen LogP contribution in [0.5, 0.6) is 0 Å². The lowest BCUT2D eigenvalue weighted by molar-refractivity contribution is 0.990. The number of aryl methyl sites for hydroxylation is 1. The van der Waals surface area contributed by atoms with Gasteiger partial charge in [-0.1, -0.05) is 6.92 Å². The van der Waals surface area contributed by atoms with Gasteiger partial charge >= 0.3 is 0 Å². The summed E-state index contributed by atoms with van der Waals surface area (Å²) in [6.07, 6.45) is 8.34. The number of hydrogen-bond acceptors (Lipinski definition) is 1. The average molecular weight is 163 g/mol. The van der Waals surface area contributed by atoms with Crippen molar-refractivity contribution in [3.8, 4) is 0 Å². The Kier molecular flexibility index (Phi) is 3.71. The molecule has 0 atom stereocenters. The largest absolute Gasteiger partial charge is 0.368 e. The zero-order chi connectivity index (χ0) is 8.65. The minimum Gasteiger partial charge on any atom is -0.368 e. The lowest BCUT2D eigenvalue weighted by atomic mass is 10.5. The molecule has 0 fully saturated rings. The SMILES string of the molecule is CCc1ncc[nH]1.c1cc[nH]c1. The predicted molar refractivity (Wildman–Crippen MR) is 48.8 cm³/mol. The van der Waals surface area contributed by atoms with E-state index in [1.807, 2.05) is 30.7 Å². The van der Waals surface area contributed by atoms with Crippen LogP contribution in [-0.2, 0) is 6.42 Å². The van der Waals surface area contributed by atoms with Gasteiger partial charge in [0.05, 0.1) is 0 Å². The van der Waals surface area contributed by atoms with Crippen LogP contribution in [0.25, 0.3) is 0 Å². The Balaban J connectivity index is 0.000000127. The van der Waals surface area contributed by atoms with Crippen LogP contribution < -0.4 is 0 Å². The van der Waals surface area contributed by atoms with E-state index in [0.717, 1.165) is 12.2 Å². The minimum absolute atomic E-state index is 0.993. The lowest BCUT2D eigenvalue weighted by Crippen LogP contribution is -1.78. The summed E-state index contributed by atoms with van der Waals surface area (Å²) >= 11 is 0. The van der Waals surface area contributed by atoms with Crippen molar-refractivity contribution in [1.29, 1.82) is 0 Å². The number of aromatic amines is 2. The molecular formula is C9H13N3. The third-order valence-electron chi connectivity index (χ3n) is 1.39. The topological polar surface area (TPSA) is 44.5 Å². The molecule has 2 rings (SSSR count). The van der Waals surface area contributed by atoms with Crippen LogP contribution in [0.2, 0.25) is 0 Å². The first-order valence-electron chi connectivity index (χ1n) is 3.99. The van der Waals surface area contributed by atoms with Gasteiger partial charge < -0.3 is 9.97 Å². The van der Waals surface area contributed by atoms with Crippen LogP contribution in [0.3, 0.4) is 0 Å². The van der Waals surface area contributed by atoms with Crippen LogP contribution in [-0.4, -0.2) is 15.0 Å². The van der Waals surface area contributed by atoms with E-state index >= 15 is 0 Å². The third-order valence-corrected chi connectivity index (χ3v) is 1.39. The van der Waals surface area contributed by atoms with E-state index in [4.69, 9.17) is 0 Å². The van der Waals surface area contributed by atoms with Crippen molar-refractivity contribution in [2.75, 3.05) is 0 Å². The Morgan fingerprint density at radius 3 is 2.25 bits per heavy atom. The molecule has 0 saturated heterocycles. The first kappa shape index (κ1) is 8.59. The Bertz CT molecular complexity index is 241. The highest BCUT2D eigenvalue weighted by atomic mass is 14.9. The van der Waals surface area contributed by atoms with Gasteiger partial charge in [-0.2, -0.15) is 0 Å². The quantitative estimate of drug-likeness (QED) is 0.663. The lowest BCUT2D eigenvalue weighted by Gasteiger charge is -1.79. The molecule has 2 aromatic heterocycles. The molecule has 3 nitrogen and oxygen atoms in total. The molecular weight excluding hydrogens is 150 g/mol. The number of imidazole rings is 1. The summed E-state index contributed by atoms with van der Waals surface area (Å²) in [6.45, 7) is 2.07. The predicted octanol–water partition coefficient (Wildman–Crippen LogP) is 1.99. The maximum Gasteiger partial charge on any atom is 0.105 e. The van der Waals surface area contributed by atoms with E-state index in [-0.39, 0.29) is 0 Å². The van der Waals surface area contributed by atoms with Gasteiger partial charge in [0, 0.05) is 31.2 Å². The number of H-pyrrole nitrogens is 2. The van der Waals surface area contributed by atoms with Gasteiger partial charge in [0.15, 0.2) is 0 Å². The minimum atomic E-state index is 0.993. The second-order valence-corrected chi connectivity index (χ2v) is 2.27. The molecule has 0 aliphatic rings. The molecule has 0 radical (unpaired) electrons. The van der Waals surface area contributed by atoms with Crippen LogP contribution in [0.1, 0.15) is 12.7 Å². The molecule has 0 aromatic carbocycles. The van der Waals surface area contributed by atoms with Crippen molar-refractivity contribution in [1.82, 2.24) is 15.0 Å². The van der Waals surface area contributed by atoms with Crippen LogP contribution in [0.15, 0.2) is 36.9 Å². The van der Waals surface area contributed by atoms with E-state index in [1.165, 1.54) is 0 Å². The van der Waals surface area contributed by atoms with Crippen LogP contribution in [0, 0.1) is 0 Å². The van der Waals surface area contributed by atoms with Gasteiger partial charge in [-0.05, 0) is 12.1 Å². The highest BCUT2D eigenvalue weighted by molar-refractivity contribution is 4.85. The molecule has 64 valence electrons. The van der Waals surface area contributed by atoms with E-state index in [9.17, 15) is 0 Å². The van der Waals surface area contributed by atoms with Crippen molar-refractivity contribution >= 4 is 0 Å². The molecule has 0 aliphatic heterocycles. The molecule has 2 N–H and O–H groups in total. The maximum atomic E-state index is 3.98. The molecule has 0 amide bonds. The summed E-state index contributed by atoms with van der Waals surface area (Å²) in [5.74, 6) is 1.06. The molecule has 0 unspecified atom stereocenters. The summed E-state index contributed by atoms with van der Waals surface area (Å²) in [5, 5.41) is 0. The second-order valence-electron chi connectivity index (χ2n) is 2.27. The first-order valence-corrected chi connectivity index (χ1v) is 3.99. The fraction of sp³-hybridized carbons (Fsp3) is 0.222. The Labute approximate surface area is 71.9 Å². The highest BCUT2D eigenvalue weighted by Crippen LogP contribution is 1.85. The third kappa shape index (κ3) is 3.05. The van der Waals surface area contributed by atoms with Gasteiger partial charge in [-0.25, -0.2) is 4.98 Å². The normalized spacial score (nSPS) is 8.75. The van der Waals surface area contributed by atoms with Crippen molar-refractivity contribution < 1.29 is 0 Å². The molecule has 2 heterocycles. The summed E-state index contributed by atoms with van der Waals surface area (Å²) in [7, 11) is 0. The molecule has 0 spiro atoms. The Hall–Kier alpha value is -1.51. The number of hydrogen-bond donors (Lipinski definition) is 2. The molecule has 0 aliphatic carbocycles. The zero-order valence-electron chi connectivity index (χ0n) is 7.12. The van der Waals surface area contributed by atoms with E-state index in [2.05, 4.69) is 21.9 Å². The highest BCUT2D eigenvalue weighted by Gasteiger charge is 1.82. The van der Waals surface area contributed by atoms with Crippen LogP contribution >= 0.6 is 0 Å². The summed E-state index contributed by atoms with van der Waals surface area (Å²) in [4.78, 5) is 9.82. The smallest absolute Gasteiger partial charge is 0.105 e. The summed E-state index contributed by atoms with van der Waals surface area (Å²) < 4.78 is 0. The monoisotopic (exact) mass is 163 g/mol. The van der Waals surface area contributed by atoms with Gasteiger partial charge in [0.2, 0.25) is 0 Å². The fourth-order valence-electron chi connectivity index (χ4n) is 0.769. The Morgan fingerprint density at radius 2 is 2.00 bits per heavy atom. The second kappa shape index (κ2) is 5.18. The van der Waals surface area contributed by atoms with Crippen molar-refractivity contribution in [3.63, 3.8) is 0 Å². The molecule has 12 heavy (non-hydrogen) atoms. The maximum absolute atomic E-state index is 3.98. The van der Waals surface area contributed by atoms with Crippen LogP contribution in [0.4, 0.5) is 0 Å². The summed E-state index contributed by atoms with van der Waals surface area (Å²) in [5.41, 5.74) is 0. The van der Waals surface area contributed by atoms with Gasteiger partial charge in [-0.3, -0.25) is 0 Å². The number of nitrogens with zero attached hydrogens (tertiary/aromatic N) is 1. The fourth-order valence-corrected chi connectivity index (χ4v) is 0.769.